The van der Waals surface area contributed by atoms with Crippen LogP contribution in [0.25, 0.3) is 0 Å². The number of rotatable bonds is 6. The fourth-order valence-corrected chi connectivity index (χ4v) is 2.14. The first-order chi connectivity index (χ1) is 8.74. The third-order valence-corrected chi connectivity index (χ3v) is 3.32. The Bertz CT molecular complexity index is 351. The molecule has 0 spiro atoms. The summed E-state index contributed by atoms with van der Waals surface area (Å²) in [7, 11) is 0. The summed E-state index contributed by atoms with van der Waals surface area (Å²) in [6.45, 7) is 1.53. The van der Waals surface area contributed by atoms with Crippen molar-refractivity contribution in [2.24, 2.45) is 5.73 Å². The minimum Gasteiger partial charge on any atom is -0.394 e. The summed E-state index contributed by atoms with van der Waals surface area (Å²) in [5.74, 6) is 0. The maximum atomic E-state index is 9.49. The number of hydrogen-bond donors (Lipinski definition) is 2. The summed E-state index contributed by atoms with van der Waals surface area (Å²) in [6, 6.07) is 9.56. The third kappa shape index (κ3) is 3.29. The van der Waals surface area contributed by atoms with Gasteiger partial charge in [0.25, 0.3) is 0 Å². The maximum Gasteiger partial charge on any atom is 0.0881 e. The highest BCUT2D eigenvalue weighted by atomic mass is 16.5. The third-order valence-electron chi connectivity index (χ3n) is 3.32. The molecule has 0 saturated carbocycles. The Hall–Kier alpha value is -0.940. The lowest BCUT2D eigenvalue weighted by atomic mass is 9.93. The Labute approximate surface area is 108 Å². The molecule has 2 unspecified atom stereocenters. The van der Waals surface area contributed by atoms with Gasteiger partial charge in [0.1, 0.15) is 0 Å². The average Bonchev–Trinajstić information content (AvgIpc) is 2.93. The van der Waals surface area contributed by atoms with Crippen LogP contribution in [0.5, 0.6) is 0 Å². The summed E-state index contributed by atoms with van der Waals surface area (Å²) >= 11 is 0. The van der Waals surface area contributed by atoms with Crippen molar-refractivity contribution in [2.75, 3.05) is 26.4 Å². The Kier molecular flexibility index (Phi) is 4.72. The zero-order valence-corrected chi connectivity index (χ0v) is 10.5. The molecule has 0 aromatic heterocycles. The number of nitrogens with two attached hydrogens (primary N) is 1. The average molecular weight is 251 g/mol. The Balaban J connectivity index is 1.87. The van der Waals surface area contributed by atoms with E-state index < -0.39 is 5.54 Å². The van der Waals surface area contributed by atoms with Crippen molar-refractivity contribution < 1.29 is 14.6 Å². The highest BCUT2D eigenvalue weighted by molar-refractivity contribution is 5.24. The van der Waals surface area contributed by atoms with Crippen LogP contribution in [0.1, 0.15) is 18.4 Å². The van der Waals surface area contributed by atoms with Crippen LogP contribution >= 0.6 is 0 Å². The van der Waals surface area contributed by atoms with Gasteiger partial charge in [-0.05, 0) is 18.4 Å². The van der Waals surface area contributed by atoms with Gasteiger partial charge in [0.15, 0.2) is 0 Å². The molecule has 4 heteroatoms. The molecule has 18 heavy (non-hydrogen) atoms. The van der Waals surface area contributed by atoms with Crippen LogP contribution in [-0.2, 0) is 15.0 Å². The summed E-state index contributed by atoms with van der Waals surface area (Å²) in [4.78, 5) is 0. The van der Waals surface area contributed by atoms with E-state index in [9.17, 15) is 5.11 Å². The zero-order valence-electron chi connectivity index (χ0n) is 10.5. The molecule has 1 aromatic carbocycles. The monoisotopic (exact) mass is 251 g/mol. The lowest BCUT2D eigenvalue weighted by Gasteiger charge is -2.28. The fraction of sp³-hybridized carbons (Fsp3) is 0.571. The van der Waals surface area contributed by atoms with Crippen LogP contribution in [0.15, 0.2) is 30.3 Å². The van der Waals surface area contributed by atoms with E-state index in [1.54, 1.807) is 0 Å². The van der Waals surface area contributed by atoms with Crippen LogP contribution in [0.3, 0.4) is 0 Å². The standard InChI is InChI=1S/C14H21NO3/c15-14(10-16,12-5-2-1-3-6-12)11-17-9-13-7-4-8-18-13/h1-3,5-6,13,16H,4,7-11,15H2. The smallest absolute Gasteiger partial charge is 0.0881 e. The molecule has 1 heterocycles. The lowest BCUT2D eigenvalue weighted by Crippen LogP contribution is -2.45. The topological polar surface area (TPSA) is 64.7 Å². The molecule has 0 radical (unpaired) electrons. The fourth-order valence-electron chi connectivity index (χ4n) is 2.14. The molecule has 0 aliphatic carbocycles. The van der Waals surface area contributed by atoms with Crippen molar-refractivity contribution >= 4 is 0 Å². The number of benzene rings is 1. The molecule has 100 valence electrons. The predicted octanol–water partition coefficient (Wildman–Crippen LogP) is 1.03. The van der Waals surface area contributed by atoms with Gasteiger partial charge < -0.3 is 20.3 Å². The first-order valence-corrected chi connectivity index (χ1v) is 6.39. The van der Waals surface area contributed by atoms with Crippen LogP contribution < -0.4 is 5.73 Å². The van der Waals surface area contributed by atoms with Crippen molar-refractivity contribution in [1.29, 1.82) is 0 Å². The van der Waals surface area contributed by atoms with Crippen molar-refractivity contribution in [3.8, 4) is 0 Å². The molecular formula is C14H21NO3. The Morgan fingerprint density at radius 2 is 2.17 bits per heavy atom. The molecule has 3 N–H and O–H groups in total. The lowest BCUT2D eigenvalue weighted by molar-refractivity contribution is -0.0100. The summed E-state index contributed by atoms with van der Waals surface area (Å²) in [6.07, 6.45) is 2.33. The highest BCUT2D eigenvalue weighted by Gasteiger charge is 2.27. The van der Waals surface area contributed by atoms with E-state index in [2.05, 4.69) is 0 Å². The molecule has 2 rings (SSSR count). The predicted molar refractivity (Wildman–Crippen MR) is 69.2 cm³/mol. The van der Waals surface area contributed by atoms with Gasteiger partial charge >= 0.3 is 0 Å². The molecule has 0 amide bonds. The SMILES string of the molecule is NC(CO)(COCC1CCCO1)c1ccccc1. The van der Waals surface area contributed by atoms with Gasteiger partial charge in [-0.1, -0.05) is 30.3 Å². The number of aliphatic hydroxyl groups excluding tert-OH is 1. The second-order valence-electron chi connectivity index (χ2n) is 4.83. The van der Waals surface area contributed by atoms with E-state index in [4.69, 9.17) is 15.2 Å². The van der Waals surface area contributed by atoms with Crippen molar-refractivity contribution in [3.63, 3.8) is 0 Å². The van der Waals surface area contributed by atoms with Gasteiger partial charge in [-0.15, -0.1) is 0 Å². The maximum absolute atomic E-state index is 9.49. The molecule has 0 bridgehead atoms. The molecule has 1 fully saturated rings. The first kappa shape index (κ1) is 13.5. The van der Waals surface area contributed by atoms with Gasteiger partial charge in [0, 0.05) is 6.61 Å². The van der Waals surface area contributed by atoms with E-state index >= 15 is 0 Å². The van der Waals surface area contributed by atoms with E-state index in [0.29, 0.717) is 13.2 Å². The second kappa shape index (κ2) is 6.29. The molecule has 2 atom stereocenters. The number of ether oxygens (including phenoxy) is 2. The largest absolute Gasteiger partial charge is 0.394 e. The van der Waals surface area contributed by atoms with Gasteiger partial charge in [0.05, 0.1) is 31.5 Å². The molecule has 1 aliphatic heterocycles. The molecular weight excluding hydrogens is 230 g/mol. The number of hydrogen-bond acceptors (Lipinski definition) is 4. The minimum atomic E-state index is -0.833. The van der Waals surface area contributed by atoms with E-state index in [-0.39, 0.29) is 12.7 Å². The van der Waals surface area contributed by atoms with Crippen LogP contribution in [-0.4, -0.2) is 37.6 Å². The Morgan fingerprint density at radius 1 is 1.39 bits per heavy atom. The van der Waals surface area contributed by atoms with Crippen molar-refractivity contribution in [2.45, 2.75) is 24.5 Å². The molecule has 1 aliphatic rings. The number of aliphatic hydroxyl groups is 1. The molecule has 1 aromatic rings. The van der Waals surface area contributed by atoms with Gasteiger partial charge in [0.2, 0.25) is 0 Å². The van der Waals surface area contributed by atoms with Gasteiger partial charge in [-0.2, -0.15) is 0 Å². The zero-order chi connectivity index (χ0) is 12.8. The first-order valence-electron chi connectivity index (χ1n) is 6.39. The van der Waals surface area contributed by atoms with E-state index in [1.165, 1.54) is 0 Å². The highest BCUT2D eigenvalue weighted by Crippen LogP contribution is 2.19. The van der Waals surface area contributed by atoms with Gasteiger partial charge in [-0.25, -0.2) is 0 Å². The normalized spacial score (nSPS) is 22.9. The van der Waals surface area contributed by atoms with Crippen LogP contribution in [0.2, 0.25) is 0 Å². The van der Waals surface area contributed by atoms with Crippen LogP contribution in [0.4, 0.5) is 0 Å². The van der Waals surface area contributed by atoms with Crippen LogP contribution in [0, 0.1) is 0 Å². The second-order valence-corrected chi connectivity index (χ2v) is 4.83. The Morgan fingerprint density at radius 3 is 2.78 bits per heavy atom. The molecule has 4 nitrogen and oxygen atoms in total. The van der Waals surface area contributed by atoms with Gasteiger partial charge in [-0.3, -0.25) is 0 Å². The summed E-state index contributed by atoms with van der Waals surface area (Å²) in [5, 5.41) is 9.49. The van der Waals surface area contributed by atoms with E-state index in [0.717, 1.165) is 25.0 Å². The quantitative estimate of drug-likeness (QED) is 0.792. The van der Waals surface area contributed by atoms with Crippen molar-refractivity contribution in [1.82, 2.24) is 0 Å². The summed E-state index contributed by atoms with van der Waals surface area (Å²) in [5.41, 5.74) is 6.24. The summed E-state index contributed by atoms with van der Waals surface area (Å²) < 4.78 is 11.1. The molecule has 1 saturated heterocycles. The van der Waals surface area contributed by atoms with Crippen molar-refractivity contribution in [3.05, 3.63) is 35.9 Å². The minimum absolute atomic E-state index is 0.136. The van der Waals surface area contributed by atoms with E-state index in [1.807, 2.05) is 30.3 Å².